The van der Waals surface area contributed by atoms with Crippen LogP contribution in [0.2, 0.25) is 0 Å². The number of carbonyl (C=O) groups is 1. The van der Waals surface area contributed by atoms with Crippen molar-refractivity contribution in [2.75, 3.05) is 6.61 Å². The van der Waals surface area contributed by atoms with Crippen LogP contribution in [0.5, 0.6) is 5.75 Å². The van der Waals surface area contributed by atoms with Crippen molar-refractivity contribution in [3.63, 3.8) is 0 Å². The van der Waals surface area contributed by atoms with E-state index >= 15 is 0 Å². The second-order valence-electron chi connectivity index (χ2n) is 8.10. The van der Waals surface area contributed by atoms with E-state index in [2.05, 4.69) is 5.32 Å². The van der Waals surface area contributed by atoms with E-state index in [1.807, 2.05) is 6.92 Å². The first-order valence-corrected chi connectivity index (χ1v) is 9.08. The van der Waals surface area contributed by atoms with Crippen molar-refractivity contribution in [3.8, 4) is 5.75 Å². The van der Waals surface area contributed by atoms with Crippen molar-refractivity contribution in [3.05, 3.63) is 29.8 Å². The van der Waals surface area contributed by atoms with Crippen LogP contribution >= 0.6 is 0 Å². The van der Waals surface area contributed by atoms with Gasteiger partial charge in [-0.2, -0.15) is 0 Å². The monoisotopic (exact) mass is 368 g/mol. The third-order valence-electron chi connectivity index (χ3n) is 3.67. The Morgan fingerprint density at radius 3 is 2.31 bits per heavy atom. The molecule has 0 aliphatic carbocycles. The number of hydrogen-bond acceptors (Lipinski definition) is 4. The van der Waals surface area contributed by atoms with Crippen LogP contribution in [-0.4, -0.2) is 29.0 Å². The van der Waals surface area contributed by atoms with E-state index in [4.69, 9.17) is 13.6 Å². The fourth-order valence-corrected chi connectivity index (χ4v) is 2.48. The Labute approximate surface area is 162 Å². The largest absolute Gasteiger partial charge is 0.493 e. The van der Waals surface area contributed by atoms with Crippen molar-refractivity contribution < 1.29 is 23.5 Å². The number of hydrogen-bond donors (Lipinski definition) is 2. The van der Waals surface area contributed by atoms with Gasteiger partial charge >= 0.3 is 6.09 Å². The Hall–Kier alpha value is -1.75. The van der Waals surface area contributed by atoms with Crippen LogP contribution < -0.4 is 10.1 Å². The zero-order chi connectivity index (χ0) is 22.5. The van der Waals surface area contributed by atoms with Gasteiger partial charge < -0.3 is 19.9 Å². The molecule has 2 atom stereocenters. The number of rotatable bonds is 8. The minimum atomic E-state index is -2.06. The van der Waals surface area contributed by atoms with Crippen molar-refractivity contribution >= 4 is 6.09 Å². The highest BCUT2D eigenvalue weighted by atomic mass is 16.6. The summed E-state index contributed by atoms with van der Waals surface area (Å²) in [5.74, 6) is 0.0102. The third kappa shape index (κ3) is 8.09. The van der Waals surface area contributed by atoms with Crippen LogP contribution in [0.3, 0.4) is 0 Å². The Kier molecular flexibility index (Phi) is 6.29. The summed E-state index contributed by atoms with van der Waals surface area (Å²) in [4.78, 5) is 12.2. The van der Waals surface area contributed by atoms with Gasteiger partial charge in [-0.1, -0.05) is 32.3 Å². The van der Waals surface area contributed by atoms with E-state index < -0.39 is 36.1 Å². The minimum absolute atomic E-state index is 0.106. The van der Waals surface area contributed by atoms with Crippen LogP contribution in [0.1, 0.15) is 77.0 Å². The first-order valence-electron chi connectivity index (χ1n) is 10.6. The minimum Gasteiger partial charge on any atom is -0.493 e. The summed E-state index contributed by atoms with van der Waals surface area (Å²) >= 11 is 0. The van der Waals surface area contributed by atoms with Gasteiger partial charge in [0, 0.05) is 4.11 Å². The van der Waals surface area contributed by atoms with Crippen molar-refractivity contribution in [2.24, 2.45) is 5.92 Å². The summed E-state index contributed by atoms with van der Waals surface area (Å²) in [6.45, 7) is 8.50. The second kappa shape index (κ2) is 9.26. The van der Waals surface area contributed by atoms with Crippen molar-refractivity contribution in [2.45, 2.75) is 78.5 Å². The predicted octanol–water partition coefficient (Wildman–Crippen LogP) is 4.84. The van der Waals surface area contributed by atoms with E-state index in [9.17, 15) is 9.90 Å². The molecular weight excluding hydrogens is 330 g/mol. The van der Waals surface area contributed by atoms with Gasteiger partial charge in [0.2, 0.25) is 0 Å². The fraction of sp³-hybridized carbons (Fsp3) is 0.667. The van der Waals surface area contributed by atoms with Crippen LogP contribution in [-0.2, 0) is 4.74 Å². The molecule has 0 saturated heterocycles. The van der Waals surface area contributed by atoms with Gasteiger partial charge in [0.15, 0.2) is 0 Å². The summed E-state index contributed by atoms with van der Waals surface area (Å²) in [7, 11) is 0. The molecule has 0 aromatic heterocycles. The molecule has 5 heteroatoms. The molecule has 0 saturated carbocycles. The second-order valence-corrected chi connectivity index (χ2v) is 8.10. The normalized spacial score (nSPS) is 16.7. The van der Waals surface area contributed by atoms with E-state index in [1.165, 1.54) is 0 Å². The Morgan fingerprint density at radius 2 is 1.85 bits per heavy atom. The number of ether oxygens (including phenoxy) is 2. The molecule has 1 amide bonds. The van der Waals surface area contributed by atoms with Crippen molar-refractivity contribution in [1.82, 2.24) is 5.32 Å². The lowest BCUT2D eigenvalue weighted by Gasteiger charge is -2.31. The summed E-state index contributed by atoms with van der Waals surface area (Å²) in [5, 5.41) is 13.2. The van der Waals surface area contributed by atoms with Crippen LogP contribution in [0.4, 0.5) is 4.79 Å². The zero-order valence-electron chi connectivity index (χ0n) is 19.8. The number of aliphatic hydroxyl groups is 1. The zero-order valence-corrected chi connectivity index (χ0v) is 16.8. The van der Waals surface area contributed by atoms with Gasteiger partial charge in [0.05, 0.1) is 18.2 Å². The maximum Gasteiger partial charge on any atom is 0.408 e. The molecule has 0 fully saturated rings. The molecule has 0 radical (unpaired) electrons. The van der Waals surface area contributed by atoms with Crippen LogP contribution in [0, 0.1) is 5.92 Å². The molecule has 0 aliphatic rings. The molecule has 148 valence electrons. The van der Waals surface area contributed by atoms with Crippen LogP contribution in [0.25, 0.3) is 0 Å². The SMILES string of the molecule is [2H]C([2H])([2H])[C@H](CCC)COc1ccc([C@@H](NC(=O)OC(C)(C)C)C(C)(C)O)cc1. The third-order valence-corrected chi connectivity index (χ3v) is 3.67. The van der Waals surface area contributed by atoms with E-state index in [0.29, 0.717) is 17.7 Å². The number of alkyl carbamates (subject to hydrolysis) is 1. The highest BCUT2D eigenvalue weighted by Crippen LogP contribution is 2.28. The first kappa shape index (κ1) is 17.7. The number of nitrogens with one attached hydrogen (secondary N) is 1. The van der Waals surface area contributed by atoms with Gasteiger partial charge in [-0.25, -0.2) is 4.79 Å². The fourth-order valence-electron chi connectivity index (χ4n) is 2.48. The highest BCUT2D eigenvalue weighted by molar-refractivity contribution is 5.68. The standard InChI is InChI=1S/C21H35NO4/c1-8-9-15(2)14-25-17-12-10-16(11-13-17)18(21(6,7)24)22-19(23)26-20(3,4)5/h10-13,15,18,24H,8-9,14H2,1-7H3,(H,22,23)/t15-,18-/m1/s1/i2D3. The van der Waals surface area contributed by atoms with Crippen LogP contribution in [0.15, 0.2) is 24.3 Å². The first-order chi connectivity index (χ1) is 13.1. The molecule has 0 heterocycles. The lowest BCUT2D eigenvalue weighted by Crippen LogP contribution is -2.44. The number of amides is 1. The lowest BCUT2D eigenvalue weighted by atomic mass is 9.92. The van der Waals surface area contributed by atoms with Gasteiger partial charge in [0.25, 0.3) is 0 Å². The highest BCUT2D eigenvalue weighted by Gasteiger charge is 2.31. The number of benzene rings is 1. The Balaban J connectivity index is 2.88. The average Bonchev–Trinajstić information content (AvgIpc) is 2.53. The van der Waals surface area contributed by atoms with Gasteiger partial charge in [-0.05, 0) is 64.7 Å². The summed E-state index contributed by atoms with van der Waals surface area (Å²) in [6, 6.07) is 6.18. The predicted molar refractivity (Wildman–Crippen MR) is 104 cm³/mol. The topological polar surface area (TPSA) is 67.8 Å². The molecule has 1 aromatic carbocycles. The summed E-state index contributed by atoms with van der Waals surface area (Å²) in [6.07, 6.45) is 0.717. The Bertz CT molecular complexity index is 646. The maximum atomic E-state index is 12.2. The van der Waals surface area contributed by atoms with E-state index in [1.54, 1.807) is 58.9 Å². The molecule has 2 N–H and O–H groups in total. The molecule has 1 rings (SSSR count). The average molecular weight is 369 g/mol. The van der Waals surface area contributed by atoms with Gasteiger partial charge in [-0.15, -0.1) is 0 Å². The molecule has 0 aliphatic heterocycles. The number of carbonyl (C=O) groups excluding carboxylic acids is 1. The Morgan fingerprint density at radius 1 is 1.23 bits per heavy atom. The van der Waals surface area contributed by atoms with Crippen molar-refractivity contribution in [1.29, 1.82) is 0 Å². The smallest absolute Gasteiger partial charge is 0.408 e. The molecule has 1 aromatic rings. The maximum absolute atomic E-state index is 12.2. The quantitative estimate of drug-likeness (QED) is 0.689. The van der Waals surface area contributed by atoms with E-state index in [-0.39, 0.29) is 6.61 Å². The van der Waals surface area contributed by atoms with E-state index in [0.717, 1.165) is 6.42 Å². The molecule has 26 heavy (non-hydrogen) atoms. The molecule has 0 unspecified atom stereocenters. The summed E-state index contributed by atoms with van der Waals surface area (Å²) < 4.78 is 33.8. The van der Waals surface area contributed by atoms with Gasteiger partial charge in [0.1, 0.15) is 11.4 Å². The molecule has 5 nitrogen and oxygen atoms in total. The summed E-state index contributed by atoms with van der Waals surface area (Å²) in [5.41, 5.74) is -1.20. The lowest BCUT2D eigenvalue weighted by molar-refractivity contribution is 0.0163. The molecular formula is C21H35NO4. The molecule has 0 bridgehead atoms. The van der Waals surface area contributed by atoms with Gasteiger partial charge in [-0.3, -0.25) is 0 Å². The molecule has 0 spiro atoms.